The molecule has 0 saturated carbocycles. The molecule has 23 heavy (non-hydrogen) atoms. The van der Waals surface area contributed by atoms with Crippen LogP contribution in [0.4, 0.5) is 5.69 Å². The Bertz CT molecular complexity index is 827. The Balaban J connectivity index is 2.51. The van der Waals surface area contributed by atoms with Crippen LogP contribution < -0.4 is 20.1 Å². The van der Waals surface area contributed by atoms with Gasteiger partial charge in [0.05, 0.1) is 36.4 Å². The van der Waals surface area contributed by atoms with Crippen LogP contribution in [0.3, 0.4) is 0 Å². The summed E-state index contributed by atoms with van der Waals surface area (Å²) in [6.07, 6.45) is 0. The number of hydrogen-bond acceptors (Lipinski definition) is 5. The summed E-state index contributed by atoms with van der Waals surface area (Å²) in [4.78, 5) is 24.6. The van der Waals surface area contributed by atoms with Crippen LogP contribution in [-0.2, 0) is 0 Å². The second-order valence-corrected chi connectivity index (χ2v) is 5.62. The Morgan fingerprint density at radius 2 is 1.74 bits per heavy atom. The summed E-state index contributed by atoms with van der Waals surface area (Å²) in [6, 6.07) is 5.43. The minimum absolute atomic E-state index is 0.0589. The van der Waals surface area contributed by atoms with E-state index in [9.17, 15) is 9.59 Å². The molecular weight excluding hydrogens is 296 g/mol. The number of anilines is 1. The van der Waals surface area contributed by atoms with Gasteiger partial charge in [-0.3, -0.25) is 14.9 Å². The SMILES string of the molecule is COc1cccc2c3c(c(NC(C)C)c(OC)c12)C(=O)NC3=O. The third-order valence-electron chi connectivity index (χ3n) is 3.79. The molecule has 0 radical (unpaired) electrons. The molecule has 120 valence electrons. The summed E-state index contributed by atoms with van der Waals surface area (Å²) >= 11 is 0. The molecule has 2 aromatic rings. The van der Waals surface area contributed by atoms with E-state index < -0.39 is 11.8 Å². The first-order chi connectivity index (χ1) is 11.0. The number of amides is 2. The molecule has 0 aromatic heterocycles. The van der Waals surface area contributed by atoms with E-state index in [-0.39, 0.29) is 6.04 Å². The van der Waals surface area contributed by atoms with Gasteiger partial charge in [-0.2, -0.15) is 0 Å². The summed E-state index contributed by atoms with van der Waals surface area (Å²) in [7, 11) is 3.09. The summed E-state index contributed by atoms with van der Waals surface area (Å²) in [5, 5.41) is 6.89. The van der Waals surface area contributed by atoms with E-state index >= 15 is 0 Å². The smallest absolute Gasteiger partial charge is 0.261 e. The van der Waals surface area contributed by atoms with Gasteiger partial charge in [-0.15, -0.1) is 0 Å². The van der Waals surface area contributed by atoms with Crippen LogP contribution in [0.1, 0.15) is 34.6 Å². The highest BCUT2D eigenvalue weighted by atomic mass is 16.5. The average molecular weight is 314 g/mol. The largest absolute Gasteiger partial charge is 0.496 e. The molecule has 0 fully saturated rings. The Labute approximate surface area is 133 Å². The molecule has 0 atom stereocenters. The number of benzene rings is 2. The third-order valence-corrected chi connectivity index (χ3v) is 3.79. The molecule has 0 unspecified atom stereocenters. The molecule has 6 nitrogen and oxygen atoms in total. The van der Waals surface area contributed by atoms with Gasteiger partial charge in [0, 0.05) is 11.4 Å². The zero-order valence-electron chi connectivity index (χ0n) is 13.4. The van der Waals surface area contributed by atoms with E-state index in [4.69, 9.17) is 9.47 Å². The number of carbonyl (C=O) groups is 2. The van der Waals surface area contributed by atoms with E-state index in [1.807, 2.05) is 13.8 Å². The van der Waals surface area contributed by atoms with E-state index in [2.05, 4.69) is 10.6 Å². The standard InChI is InChI=1S/C17H18N2O4/c1-8(2)18-14-13-12(16(20)19-17(13)21)9-6-5-7-10(22-3)11(9)15(14)23-4/h5-8,18H,1-4H3,(H,19,20,21). The third kappa shape index (κ3) is 2.18. The fraction of sp³-hybridized carbons (Fsp3) is 0.294. The maximum Gasteiger partial charge on any atom is 0.261 e. The highest BCUT2D eigenvalue weighted by molar-refractivity contribution is 6.30. The minimum Gasteiger partial charge on any atom is -0.496 e. The van der Waals surface area contributed by atoms with Crippen molar-refractivity contribution in [2.24, 2.45) is 0 Å². The predicted octanol–water partition coefficient (Wildman–Crippen LogP) is 2.56. The molecule has 6 heteroatoms. The van der Waals surface area contributed by atoms with Crippen LogP contribution in [0.15, 0.2) is 18.2 Å². The summed E-state index contributed by atoms with van der Waals surface area (Å²) in [5.74, 6) is 0.254. The fourth-order valence-electron chi connectivity index (χ4n) is 2.96. The molecule has 0 spiro atoms. The second-order valence-electron chi connectivity index (χ2n) is 5.62. The van der Waals surface area contributed by atoms with Crippen molar-refractivity contribution in [2.75, 3.05) is 19.5 Å². The topological polar surface area (TPSA) is 76.7 Å². The molecule has 0 bridgehead atoms. The Hall–Kier alpha value is -2.76. The molecule has 2 N–H and O–H groups in total. The van der Waals surface area contributed by atoms with Gasteiger partial charge in [0.1, 0.15) is 5.75 Å². The van der Waals surface area contributed by atoms with Crippen LogP contribution in [0.2, 0.25) is 0 Å². The lowest BCUT2D eigenvalue weighted by atomic mass is 9.96. The van der Waals surface area contributed by atoms with Crippen LogP contribution >= 0.6 is 0 Å². The van der Waals surface area contributed by atoms with Crippen molar-refractivity contribution in [2.45, 2.75) is 19.9 Å². The number of rotatable bonds is 4. The molecule has 2 aromatic carbocycles. The van der Waals surface area contributed by atoms with Gasteiger partial charge in [-0.05, 0) is 19.9 Å². The Kier molecular flexibility index (Phi) is 3.60. The normalized spacial score (nSPS) is 13.3. The average Bonchev–Trinajstić information content (AvgIpc) is 2.81. The number of ether oxygens (including phenoxy) is 2. The van der Waals surface area contributed by atoms with Crippen molar-refractivity contribution in [3.63, 3.8) is 0 Å². The van der Waals surface area contributed by atoms with Gasteiger partial charge < -0.3 is 14.8 Å². The van der Waals surface area contributed by atoms with Crippen molar-refractivity contribution in [1.82, 2.24) is 5.32 Å². The van der Waals surface area contributed by atoms with Gasteiger partial charge in [0.2, 0.25) is 0 Å². The number of imide groups is 1. The Morgan fingerprint density at radius 3 is 2.35 bits per heavy atom. The number of methoxy groups -OCH3 is 2. The highest BCUT2D eigenvalue weighted by Gasteiger charge is 2.35. The predicted molar refractivity (Wildman–Crippen MR) is 87.6 cm³/mol. The second kappa shape index (κ2) is 5.46. The lowest BCUT2D eigenvalue weighted by molar-refractivity contribution is 0.0880. The molecule has 3 rings (SSSR count). The number of nitrogens with one attached hydrogen (secondary N) is 2. The van der Waals surface area contributed by atoms with E-state index in [0.29, 0.717) is 39.1 Å². The van der Waals surface area contributed by atoms with Crippen molar-refractivity contribution >= 4 is 28.3 Å². The summed E-state index contributed by atoms with van der Waals surface area (Å²) < 4.78 is 11.0. The maximum absolute atomic E-state index is 12.3. The quantitative estimate of drug-likeness (QED) is 0.848. The van der Waals surface area contributed by atoms with Crippen molar-refractivity contribution < 1.29 is 19.1 Å². The minimum atomic E-state index is -0.420. The first-order valence-corrected chi connectivity index (χ1v) is 7.32. The van der Waals surface area contributed by atoms with Gasteiger partial charge in [-0.25, -0.2) is 0 Å². The lowest BCUT2D eigenvalue weighted by Crippen LogP contribution is -2.21. The summed E-state index contributed by atoms with van der Waals surface area (Å²) in [6.45, 7) is 3.90. The molecule has 0 saturated heterocycles. The lowest BCUT2D eigenvalue weighted by Gasteiger charge is -2.20. The number of fused-ring (bicyclic) bond motifs is 3. The maximum atomic E-state index is 12.3. The van der Waals surface area contributed by atoms with Crippen molar-refractivity contribution in [1.29, 1.82) is 0 Å². The van der Waals surface area contributed by atoms with Gasteiger partial charge in [-0.1, -0.05) is 12.1 Å². The van der Waals surface area contributed by atoms with Crippen LogP contribution in [0.25, 0.3) is 10.8 Å². The zero-order valence-corrected chi connectivity index (χ0v) is 13.4. The Morgan fingerprint density at radius 1 is 1.04 bits per heavy atom. The summed E-state index contributed by atoms with van der Waals surface area (Å²) in [5.41, 5.74) is 1.19. The first-order valence-electron chi connectivity index (χ1n) is 7.32. The molecule has 0 aliphatic carbocycles. The highest BCUT2D eigenvalue weighted by Crippen LogP contribution is 2.45. The fourth-order valence-corrected chi connectivity index (χ4v) is 2.96. The van der Waals surface area contributed by atoms with E-state index in [0.717, 1.165) is 0 Å². The van der Waals surface area contributed by atoms with Crippen molar-refractivity contribution in [3.05, 3.63) is 29.3 Å². The van der Waals surface area contributed by atoms with Gasteiger partial charge in [0.25, 0.3) is 11.8 Å². The monoisotopic (exact) mass is 314 g/mol. The first kappa shape index (κ1) is 15.1. The van der Waals surface area contributed by atoms with Gasteiger partial charge >= 0.3 is 0 Å². The van der Waals surface area contributed by atoms with Gasteiger partial charge in [0.15, 0.2) is 5.75 Å². The molecule has 2 amide bonds. The number of hydrogen-bond donors (Lipinski definition) is 2. The van der Waals surface area contributed by atoms with E-state index in [1.165, 1.54) is 7.11 Å². The van der Waals surface area contributed by atoms with Crippen LogP contribution in [0, 0.1) is 0 Å². The van der Waals surface area contributed by atoms with Crippen LogP contribution in [0.5, 0.6) is 11.5 Å². The van der Waals surface area contributed by atoms with E-state index in [1.54, 1.807) is 25.3 Å². The molecule has 1 aliphatic rings. The van der Waals surface area contributed by atoms with Crippen LogP contribution in [-0.4, -0.2) is 32.1 Å². The number of carbonyl (C=O) groups excluding carboxylic acids is 2. The molecular formula is C17H18N2O4. The zero-order chi connectivity index (χ0) is 16.7. The molecule has 1 aliphatic heterocycles. The van der Waals surface area contributed by atoms with Crippen molar-refractivity contribution in [3.8, 4) is 11.5 Å². The molecule has 1 heterocycles.